The van der Waals surface area contributed by atoms with E-state index in [1.807, 2.05) is 72.8 Å². The van der Waals surface area contributed by atoms with Crippen molar-refractivity contribution in [2.75, 3.05) is 0 Å². The predicted molar refractivity (Wildman–Crippen MR) is 185 cm³/mol. The van der Waals surface area contributed by atoms with E-state index in [-0.39, 0.29) is 17.1 Å². The van der Waals surface area contributed by atoms with E-state index >= 15 is 0 Å². The molecule has 3 aromatic heterocycles. The van der Waals surface area contributed by atoms with Crippen LogP contribution in [0.3, 0.4) is 0 Å². The molecule has 9 rings (SSSR count). The maximum absolute atomic E-state index is 5.02. The molecule has 0 amide bonds. The fourth-order valence-electron chi connectivity index (χ4n) is 5.68. The Morgan fingerprint density at radius 1 is 0.400 bits per heavy atom. The Bertz CT molecular complexity index is 2400. The van der Waals surface area contributed by atoms with Crippen LogP contribution in [0, 0.1) is 0 Å². The molecule has 8 nitrogen and oxygen atoms in total. The van der Waals surface area contributed by atoms with Gasteiger partial charge in [0, 0.05) is 73.5 Å². The van der Waals surface area contributed by atoms with Crippen LogP contribution in [0.15, 0.2) is 90.7 Å². The Labute approximate surface area is 298 Å². The number of benzene rings is 4. The van der Waals surface area contributed by atoms with Gasteiger partial charge in [0.2, 0.25) is 0 Å². The van der Waals surface area contributed by atoms with Gasteiger partial charge < -0.3 is 29.9 Å². The van der Waals surface area contributed by atoms with E-state index in [0.717, 1.165) is 61.7 Å². The number of nitrogens with zero attached hydrogens (tertiary/aromatic N) is 8. The van der Waals surface area contributed by atoms with Crippen molar-refractivity contribution in [2.24, 2.45) is 0 Å². The van der Waals surface area contributed by atoms with Gasteiger partial charge in [0.15, 0.2) is 0 Å². The van der Waals surface area contributed by atoms with E-state index in [1.54, 1.807) is 0 Å². The average Bonchev–Trinajstić information content (AvgIpc) is 3.74. The zero-order valence-corrected chi connectivity index (χ0v) is 29.6. The monoisotopic (exact) mass is 887 g/mol. The molecule has 5 heterocycles. The van der Waals surface area contributed by atoms with E-state index in [2.05, 4.69) is 63.7 Å². The van der Waals surface area contributed by atoms with Crippen molar-refractivity contribution in [1.82, 2.24) is 39.9 Å². The minimum Gasteiger partial charge on any atom is -0.357 e. The molecule has 0 fully saturated rings. The summed E-state index contributed by atoms with van der Waals surface area (Å²) in [4.78, 5) is 39.8. The third-order valence-corrected chi connectivity index (χ3v) is 10.3. The number of rotatable bonds is 0. The molecule has 2 aliphatic heterocycles. The van der Waals surface area contributed by atoms with E-state index in [4.69, 9.17) is 39.9 Å². The van der Waals surface area contributed by atoms with Crippen molar-refractivity contribution in [1.29, 1.82) is 0 Å². The largest absolute Gasteiger partial charge is 2.00 e. The first-order valence-electron chi connectivity index (χ1n) is 13.3. The standard InChI is InChI=1S/C32H12Br4N8.Cu/c33-17-9-1-5-13-21(17)29-37-25(13)41-30-22-14(6-2-10-18(22)34)27(38-30)43-32-24-16(8-4-12-20(24)36)28(40-32)44-31-23-15(26(39-31)42-29)7-3-11-19(23)35;/h1-12H;/q-2;+2. The summed E-state index contributed by atoms with van der Waals surface area (Å²) in [6, 6.07) is 23.6. The zero-order valence-electron chi connectivity index (χ0n) is 22.3. The van der Waals surface area contributed by atoms with Gasteiger partial charge in [-0.3, -0.25) is 0 Å². The van der Waals surface area contributed by atoms with Crippen LogP contribution in [0.1, 0.15) is 0 Å². The molecule has 0 saturated carbocycles. The summed E-state index contributed by atoms with van der Waals surface area (Å²) in [6.45, 7) is 0. The molecule has 1 radical (unpaired) electrons. The Morgan fingerprint density at radius 3 is 1.22 bits per heavy atom. The summed E-state index contributed by atoms with van der Waals surface area (Å²) in [5.74, 6) is 1.98. The van der Waals surface area contributed by atoms with Crippen LogP contribution in [0.25, 0.3) is 89.7 Å². The van der Waals surface area contributed by atoms with Gasteiger partial charge in [0.25, 0.3) is 0 Å². The SMILES string of the molecule is Brc1cccc2c1-c1nc-2nc2[n-]c(nc3nc(nc4[n-]c(n1)c1cccc(Br)c41)-c1cccc(Br)c1-3)c1cccc(Br)c21.[Cu+2]. The molecule has 0 unspecified atom stereocenters. The maximum atomic E-state index is 5.02. The van der Waals surface area contributed by atoms with Crippen LogP contribution in [0.4, 0.5) is 0 Å². The Hall–Kier alpha value is -3.32. The first kappa shape index (κ1) is 29.1. The topological polar surface area (TPSA) is 106 Å². The summed E-state index contributed by atoms with van der Waals surface area (Å²) in [5, 5.41) is 3.33. The summed E-state index contributed by atoms with van der Waals surface area (Å²) in [7, 11) is 0. The Balaban J connectivity index is 0.00000300. The maximum Gasteiger partial charge on any atom is 2.00 e. The van der Waals surface area contributed by atoms with Crippen LogP contribution >= 0.6 is 63.7 Å². The number of hydrogen-bond donors (Lipinski definition) is 0. The minimum atomic E-state index is 0. The van der Waals surface area contributed by atoms with E-state index in [1.165, 1.54) is 0 Å². The van der Waals surface area contributed by atoms with Crippen LogP contribution in [0.5, 0.6) is 0 Å². The molecule has 8 bridgehead atoms. The molecule has 7 aromatic rings. The Morgan fingerprint density at radius 2 is 0.778 bits per heavy atom. The van der Waals surface area contributed by atoms with Crippen LogP contribution < -0.4 is 9.97 Å². The Kier molecular flexibility index (Phi) is 7.05. The van der Waals surface area contributed by atoms with Gasteiger partial charge in [-0.1, -0.05) is 112 Å². The van der Waals surface area contributed by atoms with Gasteiger partial charge in [-0.2, -0.15) is 0 Å². The van der Waals surface area contributed by atoms with Gasteiger partial charge in [0.05, 0.1) is 23.3 Å². The molecule has 4 aromatic carbocycles. The molecule has 0 saturated heterocycles. The van der Waals surface area contributed by atoms with Crippen molar-refractivity contribution in [3.05, 3.63) is 90.7 Å². The van der Waals surface area contributed by atoms with Crippen molar-refractivity contribution in [3.63, 3.8) is 0 Å². The number of fused-ring (bicyclic) bond motifs is 20. The molecular weight excluding hydrogens is 880 g/mol. The third-order valence-electron chi connectivity index (χ3n) is 7.61. The van der Waals surface area contributed by atoms with Gasteiger partial charge in [-0.05, 0) is 35.0 Å². The molecule has 2 aliphatic rings. The summed E-state index contributed by atoms with van der Waals surface area (Å²) >= 11 is 14.9. The van der Waals surface area contributed by atoms with Gasteiger partial charge in [-0.25, -0.2) is 9.97 Å². The first-order chi connectivity index (χ1) is 21.4. The van der Waals surface area contributed by atoms with E-state index in [0.29, 0.717) is 45.9 Å². The van der Waals surface area contributed by atoms with Crippen LogP contribution in [0.2, 0.25) is 0 Å². The van der Waals surface area contributed by atoms with E-state index in [9.17, 15) is 0 Å². The van der Waals surface area contributed by atoms with E-state index < -0.39 is 0 Å². The average molecular weight is 892 g/mol. The predicted octanol–water partition coefficient (Wildman–Crippen LogP) is 9.17. The van der Waals surface area contributed by atoms with Crippen LogP contribution in [-0.4, -0.2) is 29.9 Å². The molecule has 0 atom stereocenters. The van der Waals surface area contributed by atoms with Crippen LogP contribution in [-0.2, 0) is 17.1 Å². The van der Waals surface area contributed by atoms with Crippen molar-refractivity contribution >= 4 is 108 Å². The summed E-state index contributed by atoms with van der Waals surface area (Å²) < 4.78 is 3.41. The number of aromatic nitrogens is 8. The molecule has 0 spiro atoms. The molecule has 219 valence electrons. The fraction of sp³-hybridized carbons (Fsp3) is 0. The molecule has 45 heavy (non-hydrogen) atoms. The number of hydrogen-bond acceptors (Lipinski definition) is 6. The van der Waals surface area contributed by atoms with Crippen molar-refractivity contribution in [2.45, 2.75) is 0 Å². The summed E-state index contributed by atoms with van der Waals surface area (Å²) in [5.41, 5.74) is 5.32. The van der Waals surface area contributed by atoms with Gasteiger partial charge in [-0.15, -0.1) is 0 Å². The second kappa shape index (κ2) is 10.9. The minimum absolute atomic E-state index is 0. The van der Waals surface area contributed by atoms with Gasteiger partial charge in [0.1, 0.15) is 0 Å². The normalized spacial score (nSPS) is 11.8. The second-order valence-electron chi connectivity index (χ2n) is 10.1. The first-order valence-corrected chi connectivity index (χ1v) is 16.5. The quantitative estimate of drug-likeness (QED) is 0.139. The molecule has 0 N–H and O–H groups in total. The fourth-order valence-corrected chi connectivity index (χ4v) is 7.86. The second-order valence-corrected chi connectivity index (χ2v) is 13.6. The van der Waals surface area contributed by atoms with Crippen molar-refractivity contribution < 1.29 is 17.1 Å². The molecule has 0 aliphatic carbocycles. The van der Waals surface area contributed by atoms with Crippen molar-refractivity contribution in [3.8, 4) is 45.6 Å². The van der Waals surface area contributed by atoms with Gasteiger partial charge >= 0.3 is 17.1 Å². The molecular formula is C32H12Br4CuN8. The number of halogens is 4. The third kappa shape index (κ3) is 4.47. The zero-order chi connectivity index (χ0) is 29.7. The molecule has 13 heteroatoms. The summed E-state index contributed by atoms with van der Waals surface area (Å²) in [6.07, 6.45) is 0. The smallest absolute Gasteiger partial charge is 0.357 e.